The van der Waals surface area contributed by atoms with Crippen LogP contribution in [-0.2, 0) is 0 Å². The summed E-state index contributed by atoms with van der Waals surface area (Å²) in [5.41, 5.74) is 1.02. The van der Waals surface area contributed by atoms with Gasteiger partial charge < -0.3 is 5.32 Å². The highest BCUT2D eigenvalue weighted by molar-refractivity contribution is 7.83. The predicted octanol–water partition coefficient (Wildman–Crippen LogP) is 2.94. The molecule has 0 aliphatic carbocycles. The van der Waals surface area contributed by atoms with Crippen LogP contribution in [0, 0.1) is 12.3 Å². The van der Waals surface area contributed by atoms with Gasteiger partial charge in [-0.05, 0) is 31.3 Å². The lowest BCUT2D eigenvalue weighted by atomic mass is 10.3. The molecule has 2 heterocycles. The highest BCUT2D eigenvalue weighted by Gasteiger charge is 1.99. The van der Waals surface area contributed by atoms with Gasteiger partial charge in [-0.1, -0.05) is 12.0 Å². The third-order valence-corrected chi connectivity index (χ3v) is 3.12. The monoisotopic (exact) mass is 262 g/mol. The van der Waals surface area contributed by atoms with Crippen molar-refractivity contribution in [3.8, 4) is 22.9 Å². The second-order valence-electron chi connectivity index (χ2n) is 3.09. The van der Waals surface area contributed by atoms with Gasteiger partial charge in [-0.25, -0.2) is 0 Å². The minimum Gasteiger partial charge on any atom is -0.309 e. The molecular formula is C13H14N2S2. The van der Waals surface area contributed by atoms with Gasteiger partial charge in [0.2, 0.25) is 0 Å². The number of nitrogens with one attached hydrogen (secondary N) is 1. The maximum absolute atomic E-state index is 4.83. The minimum atomic E-state index is 0.667. The standard InChI is InChI=1S/C9H7NS2.C4H7N/c11-9-5-4-8(12-9)7-3-1-2-6-10-7;1-3-4-5-2/h1-6,11H;1,5H,4H2,2H3. The number of nitrogens with zero attached hydrogens (tertiary/aromatic N) is 1. The number of aromatic nitrogens is 1. The van der Waals surface area contributed by atoms with Crippen LogP contribution >= 0.6 is 24.0 Å². The zero-order valence-electron chi connectivity index (χ0n) is 9.55. The van der Waals surface area contributed by atoms with Crippen molar-refractivity contribution in [2.75, 3.05) is 13.6 Å². The topological polar surface area (TPSA) is 24.9 Å². The van der Waals surface area contributed by atoms with Crippen LogP contribution in [0.2, 0.25) is 0 Å². The molecule has 0 aliphatic heterocycles. The summed E-state index contributed by atoms with van der Waals surface area (Å²) in [6.07, 6.45) is 6.63. The Balaban J connectivity index is 0.000000249. The van der Waals surface area contributed by atoms with E-state index in [-0.39, 0.29) is 0 Å². The van der Waals surface area contributed by atoms with Crippen LogP contribution < -0.4 is 5.32 Å². The van der Waals surface area contributed by atoms with Gasteiger partial charge in [0.25, 0.3) is 0 Å². The molecule has 0 amide bonds. The molecule has 88 valence electrons. The summed E-state index contributed by atoms with van der Waals surface area (Å²) in [5.74, 6) is 2.41. The SMILES string of the molecule is C#CCNC.Sc1ccc(-c2ccccn2)s1. The first-order chi connectivity index (χ1) is 8.27. The first-order valence-electron chi connectivity index (χ1n) is 5.06. The fourth-order valence-corrected chi connectivity index (χ4v) is 2.17. The summed E-state index contributed by atoms with van der Waals surface area (Å²) in [4.78, 5) is 5.41. The number of hydrogen-bond acceptors (Lipinski definition) is 4. The van der Waals surface area contributed by atoms with Crippen molar-refractivity contribution in [2.45, 2.75) is 4.21 Å². The molecule has 2 aromatic rings. The molecule has 0 aliphatic rings. The summed E-state index contributed by atoms with van der Waals surface area (Å²) in [7, 11) is 1.82. The zero-order valence-corrected chi connectivity index (χ0v) is 11.3. The molecule has 2 rings (SSSR count). The van der Waals surface area contributed by atoms with E-state index in [4.69, 9.17) is 6.42 Å². The third kappa shape index (κ3) is 5.05. The van der Waals surface area contributed by atoms with Gasteiger partial charge in [0.15, 0.2) is 0 Å². The average Bonchev–Trinajstić information content (AvgIpc) is 2.79. The lowest BCUT2D eigenvalue weighted by Gasteiger charge is -1.92. The number of terminal acetylenes is 1. The summed E-state index contributed by atoms with van der Waals surface area (Å²) < 4.78 is 1.02. The van der Waals surface area contributed by atoms with E-state index in [1.807, 2.05) is 37.4 Å². The predicted molar refractivity (Wildman–Crippen MR) is 77.6 cm³/mol. The Morgan fingerprint density at radius 2 is 2.24 bits per heavy atom. The number of hydrogen-bond donors (Lipinski definition) is 2. The molecule has 17 heavy (non-hydrogen) atoms. The van der Waals surface area contributed by atoms with Crippen LogP contribution in [0.15, 0.2) is 40.7 Å². The summed E-state index contributed by atoms with van der Waals surface area (Å²) in [6.45, 7) is 0.667. The molecule has 0 fully saturated rings. The van der Waals surface area contributed by atoms with Gasteiger partial charge in [0.1, 0.15) is 0 Å². The van der Waals surface area contributed by atoms with Crippen molar-refractivity contribution in [2.24, 2.45) is 0 Å². The molecule has 0 bridgehead atoms. The van der Waals surface area contributed by atoms with Crippen molar-refractivity contribution in [1.82, 2.24) is 10.3 Å². The Labute approximate surface area is 112 Å². The Hall–Kier alpha value is -1.28. The number of thiol groups is 1. The molecule has 0 spiro atoms. The van der Waals surface area contributed by atoms with E-state index < -0.39 is 0 Å². The van der Waals surface area contributed by atoms with E-state index in [1.54, 1.807) is 17.5 Å². The van der Waals surface area contributed by atoms with E-state index in [9.17, 15) is 0 Å². The molecule has 0 aromatic carbocycles. The highest BCUT2D eigenvalue weighted by Crippen LogP contribution is 2.27. The molecule has 0 unspecified atom stereocenters. The molecule has 2 nitrogen and oxygen atoms in total. The fraction of sp³-hybridized carbons (Fsp3) is 0.154. The van der Waals surface area contributed by atoms with Crippen LogP contribution in [0.5, 0.6) is 0 Å². The van der Waals surface area contributed by atoms with Crippen molar-refractivity contribution in [3.63, 3.8) is 0 Å². The number of thiophene rings is 1. The Bertz CT molecular complexity index is 472. The van der Waals surface area contributed by atoms with E-state index >= 15 is 0 Å². The zero-order chi connectivity index (χ0) is 12.5. The van der Waals surface area contributed by atoms with E-state index in [0.29, 0.717) is 6.54 Å². The van der Waals surface area contributed by atoms with Crippen LogP contribution in [0.3, 0.4) is 0 Å². The summed E-state index contributed by atoms with van der Waals surface area (Å²) >= 11 is 5.89. The van der Waals surface area contributed by atoms with Gasteiger partial charge in [0, 0.05) is 6.20 Å². The Kier molecular flexibility index (Phi) is 6.41. The Morgan fingerprint density at radius 3 is 2.65 bits per heavy atom. The number of pyridine rings is 1. The van der Waals surface area contributed by atoms with E-state index in [2.05, 4.69) is 28.8 Å². The molecule has 4 heteroatoms. The summed E-state index contributed by atoms with van der Waals surface area (Å²) in [6, 6.07) is 9.92. The first kappa shape index (κ1) is 13.8. The maximum atomic E-state index is 4.83. The Morgan fingerprint density at radius 1 is 1.41 bits per heavy atom. The van der Waals surface area contributed by atoms with Crippen LogP contribution in [0.1, 0.15) is 0 Å². The second-order valence-corrected chi connectivity index (χ2v) is 4.96. The van der Waals surface area contributed by atoms with Gasteiger partial charge in [-0.3, -0.25) is 4.98 Å². The molecular weight excluding hydrogens is 248 g/mol. The first-order valence-corrected chi connectivity index (χ1v) is 6.32. The maximum Gasteiger partial charge on any atom is 0.0802 e. The highest BCUT2D eigenvalue weighted by atomic mass is 32.2. The largest absolute Gasteiger partial charge is 0.309 e. The molecule has 0 atom stereocenters. The molecule has 0 saturated heterocycles. The lowest BCUT2D eigenvalue weighted by Crippen LogP contribution is -2.03. The quantitative estimate of drug-likeness (QED) is 0.642. The lowest BCUT2D eigenvalue weighted by molar-refractivity contribution is 0.939. The van der Waals surface area contributed by atoms with Gasteiger partial charge in [0.05, 0.1) is 21.3 Å². The minimum absolute atomic E-state index is 0.667. The normalized spacial score (nSPS) is 9.00. The van der Waals surface area contributed by atoms with Crippen LogP contribution in [0.25, 0.3) is 10.6 Å². The van der Waals surface area contributed by atoms with Crippen molar-refractivity contribution < 1.29 is 0 Å². The van der Waals surface area contributed by atoms with Gasteiger partial charge in [-0.2, -0.15) is 0 Å². The van der Waals surface area contributed by atoms with Crippen LogP contribution in [-0.4, -0.2) is 18.6 Å². The molecule has 1 N–H and O–H groups in total. The van der Waals surface area contributed by atoms with Crippen molar-refractivity contribution in [3.05, 3.63) is 36.5 Å². The van der Waals surface area contributed by atoms with Gasteiger partial charge >= 0.3 is 0 Å². The number of rotatable bonds is 2. The van der Waals surface area contributed by atoms with Crippen molar-refractivity contribution >= 4 is 24.0 Å². The smallest absolute Gasteiger partial charge is 0.0802 e. The second kappa shape index (κ2) is 7.91. The van der Waals surface area contributed by atoms with Crippen molar-refractivity contribution in [1.29, 1.82) is 0 Å². The molecule has 0 saturated carbocycles. The molecule has 0 radical (unpaired) electrons. The molecule has 2 aromatic heterocycles. The third-order valence-electron chi connectivity index (χ3n) is 1.79. The summed E-state index contributed by atoms with van der Waals surface area (Å²) in [5, 5.41) is 2.78. The van der Waals surface area contributed by atoms with E-state index in [0.717, 1.165) is 9.90 Å². The van der Waals surface area contributed by atoms with Crippen LogP contribution in [0.4, 0.5) is 0 Å². The van der Waals surface area contributed by atoms with E-state index in [1.165, 1.54) is 4.88 Å². The average molecular weight is 262 g/mol. The fourth-order valence-electron chi connectivity index (χ4n) is 1.08. The van der Waals surface area contributed by atoms with Gasteiger partial charge in [-0.15, -0.1) is 30.4 Å².